The highest BCUT2D eigenvalue weighted by Gasteiger charge is 2.31. The lowest BCUT2D eigenvalue weighted by molar-refractivity contribution is -0.00569. The normalized spacial score (nSPS) is 21.1. The van der Waals surface area contributed by atoms with E-state index < -0.39 is 0 Å². The van der Waals surface area contributed by atoms with Crippen LogP contribution in [0.4, 0.5) is 34.6 Å². The number of anilines is 6. The van der Waals surface area contributed by atoms with Crippen molar-refractivity contribution in [2.24, 2.45) is 0 Å². The van der Waals surface area contributed by atoms with Crippen molar-refractivity contribution in [1.82, 2.24) is 9.97 Å². The van der Waals surface area contributed by atoms with Crippen LogP contribution in [0.5, 0.6) is 0 Å². The summed E-state index contributed by atoms with van der Waals surface area (Å²) in [5.74, 6) is 2.51. The van der Waals surface area contributed by atoms with Crippen LogP contribution in [0.3, 0.4) is 0 Å². The van der Waals surface area contributed by atoms with Crippen LogP contribution >= 0.6 is 12.4 Å². The predicted molar refractivity (Wildman–Crippen MR) is 193 cm³/mol. The van der Waals surface area contributed by atoms with Crippen molar-refractivity contribution in [2.45, 2.75) is 66.0 Å². The lowest BCUT2D eigenvalue weighted by Gasteiger charge is -2.37. The molecule has 0 radical (unpaired) electrons. The molecule has 0 bridgehead atoms. The Kier molecular flexibility index (Phi) is 10.7. The summed E-state index contributed by atoms with van der Waals surface area (Å²) < 4.78 is 12.1. The summed E-state index contributed by atoms with van der Waals surface area (Å²) in [6.45, 7) is 14.9. The number of morpholine rings is 2. The maximum absolute atomic E-state index is 14.7. The zero-order valence-corrected chi connectivity index (χ0v) is 28.8. The Morgan fingerprint density at radius 2 is 0.936 bits per heavy atom. The quantitative estimate of drug-likeness (QED) is 0.188. The van der Waals surface area contributed by atoms with Crippen molar-refractivity contribution in [2.75, 3.05) is 46.6 Å². The lowest BCUT2D eigenvalue weighted by Crippen LogP contribution is -2.47. The first kappa shape index (κ1) is 34.2. The number of nitrogens with one attached hydrogen (secondary N) is 2. The fourth-order valence-corrected chi connectivity index (χ4v) is 6.29. The number of pyridine rings is 2. The second kappa shape index (κ2) is 14.7. The third-order valence-corrected chi connectivity index (χ3v) is 8.33. The topological polar surface area (TPSA) is 91.9 Å². The minimum atomic E-state index is -0.118. The molecule has 0 saturated carbocycles. The van der Waals surface area contributed by atoms with Crippen LogP contribution in [0.1, 0.15) is 54.7 Å². The third-order valence-electron chi connectivity index (χ3n) is 8.33. The molecular formula is C37H45ClN6O3. The van der Waals surface area contributed by atoms with E-state index in [9.17, 15) is 4.79 Å². The van der Waals surface area contributed by atoms with Crippen molar-refractivity contribution in [1.29, 1.82) is 0 Å². The minimum absolute atomic E-state index is 0. The molecule has 6 rings (SSSR count). The van der Waals surface area contributed by atoms with Gasteiger partial charge in [-0.1, -0.05) is 35.4 Å². The highest BCUT2D eigenvalue weighted by atomic mass is 35.5. The molecule has 4 atom stereocenters. The monoisotopic (exact) mass is 656 g/mol. The van der Waals surface area contributed by atoms with Crippen LogP contribution in [0, 0.1) is 13.8 Å². The van der Waals surface area contributed by atoms with E-state index in [0.717, 1.165) is 11.4 Å². The Balaban J connectivity index is 0.00000433. The first-order valence-electron chi connectivity index (χ1n) is 16.2. The van der Waals surface area contributed by atoms with E-state index in [-0.39, 0.29) is 42.6 Å². The summed E-state index contributed by atoms with van der Waals surface area (Å²) in [4.78, 5) is 29.1. The van der Waals surface area contributed by atoms with Crippen molar-refractivity contribution in [3.8, 4) is 0 Å². The molecule has 0 spiro atoms. The van der Waals surface area contributed by atoms with Crippen molar-refractivity contribution >= 4 is 52.8 Å². The van der Waals surface area contributed by atoms with E-state index in [1.165, 1.54) is 11.1 Å². The highest BCUT2D eigenvalue weighted by molar-refractivity contribution is 6.15. The van der Waals surface area contributed by atoms with Crippen molar-refractivity contribution < 1.29 is 14.3 Å². The molecule has 9 nitrogen and oxygen atoms in total. The summed E-state index contributed by atoms with van der Waals surface area (Å²) in [6, 6.07) is 23.9. The molecular weight excluding hydrogens is 612 g/mol. The van der Waals surface area contributed by atoms with Gasteiger partial charge in [0.2, 0.25) is 0 Å². The Morgan fingerprint density at radius 1 is 0.596 bits per heavy atom. The number of carbonyl (C=O) groups is 1. The second-order valence-corrected chi connectivity index (χ2v) is 12.8. The van der Waals surface area contributed by atoms with Gasteiger partial charge in [0.25, 0.3) is 0 Å². The maximum Gasteiger partial charge on any atom is 0.200 e. The zero-order valence-electron chi connectivity index (χ0n) is 28.0. The number of halogens is 1. The summed E-state index contributed by atoms with van der Waals surface area (Å²) >= 11 is 0. The molecule has 4 aromatic rings. The summed E-state index contributed by atoms with van der Waals surface area (Å²) in [5, 5.41) is 6.85. The van der Waals surface area contributed by atoms with Crippen LogP contribution in [-0.4, -0.2) is 66.3 Å². The van der Waals surface area contributed by atoms with E-state index >= 15 is 0 Å². The van der Waals surface area contributed by atoms with Crippen LogP contribution in [0.25, 0.3) is 0 Å². The first-order valence-corrected chi connectivity index (χ1v) is 16.2. The van der Waals surface area contributed by atoms with E-state index in [1.54, 1.807) is 0 Å². The number of ether oxygens (including phenoxy) is 2. The van der Waals surface area contributed by atoms with E-state index in [1.807, 2.05) is 48.5 Å². The summed E-state index contributed by atoms with van der Waals surface area (Å²) in [7, 11) is 0. The van der Waals surface area contributed by atoms with Crippen LogP contribution in [0.2, 0.25) is 0 Å². The lowest BCUT2D eigenvalue weighted by atomic mass is 10.0. The molecule has 4 heterocycles. The predicted octanol–water partition coefficient (Wildman–Crippen LogP) is 7.46. The molecule has 47 heavy (non-hydrogen) atoms. The number of aromatic nitrogens is 2. The number of nitrogens with zero attached hydrogens (tertiary/aromatic N) is 4. The molecule has 2 aromatic heterocycles. The minimum Gasteiger partial charge on any atom is -0.372 e. The number of aryl methyl sites for hydroxylation is 2. The Bertz CT molecular complexity index is 1540. The van der Waals surface area contributed by atoms with Gasteiger partial charge in [0.15, 0.2) is 5.78 Å². The first-order chi connectivity index (χ1) is 22.1. The smallest absolute Gasteiger partial charge is 0.200 e. The molecule has 0 aliphatic carbocycles. The Labute approximate surface area is 284 Å². The van der Waals surface area contributed by atoms with Gasteiger partial charge in [-0.25, -0.2) is 9.97 Å². The van der Waals surface area contributed by atoms with Crippen LogP contribution in [0.15, 0.2) is 72.8 Å². The molecule has 2 aliphatic rings. The van der Waals surface area contributed by atoms with E-state index in [2.05, 4.69) is 86.2 Å². The maximum atomic E-state index is 14.7. The number of rotatable bonds is 8. The van der Waals surface area contributed by atoms with Gasteiger partial charge >= 0.3 is 0 Å². The fourth-order valence-electron chi connectivity index (χ4n) is 6.29. The summed E-state index contributed by atoms with van der Waals surface area (Å²) in [6.07, 6.45) is 0.0107. The van der Waals surface area contributed by atoms with Gasteiger partial charge in [-0.05, 0) is 90.1 Å². The molecule has 248 valence electrons. The van der Waals surface area contributed by atoms with E-state index in [4.69, 9.17) is 19.4 Å². The van der Waals surface area contributed by atoms with Gasteiger partial charge in [-0.2, -0.15) is 0 Å². The second-order valence-electron chi connectivity index (χ2n) is 12.8. The standard InChI is InChI=1S/C37H44N6O3.ClH/c1-23-7-11-29(12-8-23)38-33-17-15-31(36(40-33)42-19-25(3)45-26(4)20-42)35(44)32-16-18-34(39-30-13-9-24(2)10-14-30)41-37(32)43-21-27(5)46-28(6)22-43;/h7-18,25-28H,19-22H2,1-6H3,(H,38,40)(H,39,41);1H/t25-,26+,27-,28+;. The zero-order chi connectivity index (χ0) is 32.4. The number of ketones is 1. The fraction of sp³-hybridized carbons (Fsp3) is 0.378. The Morgan fingerprint density at radius 3 is 1.28 bits per heavy atom. The number of carbonyl (C=O) groups excluding carboxylic acids is 1. The van der Waals surface area contributed by atoms with Crippen molar-refractivity contribution in [3.05, 3.63) is 95.1 Å². The molecule has 0 amide bonds. The molecule has 2 aliphatic heterocycles. The van der Waals surface area contributed by atoms with Gasteiger partial charge in [0.1, 0.15) is 23.3 Å². The molecule has 2 N–H and O–H groups in total. The molecule has 10 heteroatoms. The SMILES string of the molecule is Cc1ccc(Nc2ccc(C(=O)c3ccc(Nc4ccc(C)cc4)nc3N3C[C@@H](C)O[C@@H](C)C3)c(N3C[C@@H](C)O[C@@H](C)C3)n2)cc1.Cl. The average molecular weight is 657 g/mol. The molecule has 2 saturated heterocycles. The van der Waals surface area contributed by atoms with Crippen molar-refractivity contribution in [3.63, 3.8) is 0 Å². The molecule has 0 unspecified atom stereocenters. The van der Waals surface area contributed by atoms with Gasteiger partial charge < -0.3 is 29.9 Å². The van der Waals surface area contributed by atoms with Gasteiger partial charge in [-0.15, -0.1) is 12.4 Å². The van der Waals surface area contributed by atoms with Gasteiger partial charge in [0.05, 0.1) is 35.5 Å². The van der Waals surface area contributed by atoms with Crippen LogP contribution < -0.4 is 20.4 Å². The molecule has 2 fully saturated rings. The molecule has 2 aromatic carbocycles. The number of hydrogen-bond donors (Lipinski definition) is 2. The largest absolute Gasteiger partial charge is 0.372 e. The van der Waals surface area contributed by atoms with Gasteiger partial charge in [-0.3, -0.25) is 4.79 Å². The number of hydrogen-bond acceptors (Lipinski definition) is 9. The highest BCUT2D eigenvalue weighted by Crippen LogP contribution is 2.32. The average Bonchev–Trinajstić information content (AvgIpc) is 3.02. The Hall–Kier alpha value is -4.18. The third kappa shape index (κ3) is 8.22. The summed E-state index contributed by atoms with van der Waals surface area (Å²) in [5.41, 5.74) is 5.31. The van der Waals surface area contributed by atoms with Gasteiger partial charge in [0, 0.05) is 37.6 Å². The van der Waals surface area contributed by atoms with Crippen LogP contribution in [-0.2, 0) is 9.47 Å². The number of benzene rings is 2. The van der Waals surface area contributed by atoms with E-state index in [0.29, 0.717) is 60.6 Å².